The van der Waals surface area contributed by atoms with Crippen LogP contribution < -0.4 is 5.32 Å². The third-order valence-corrected chi connectivity index (χ3v) is 4.38. The highest BCUT2D eigenvalue weighted by molar-refractivity contribution is 5.78. The number of carbonyl (C=O) groups excluding carboxylic acids is 1. The highest BCUT2D eigenvalue weighted by Crippen LogP contribution is 2.35. The molecular formula is C17H23NO3. The molecule has 1 atom stereocenters. The fourth-order valence-electron chi connectivity index (χ4n) is 2.89. The van der Waals surface area contributed by atoms with E-state index in [9.17, 15) is 9.59 Å². The quantitative estimate of drug-likeness (QED) is 0.810. The van der Waals surface area contributed by atoms with Crippen LogP contribution in [-0.2, 0) is 9.59 Å². The largest absolute Gasteiger partial charge is 0.481 e. The van der Waals surface area contributed by atoms with E-state index in [-0.39, 0.29) is 12.3 Å². The van der Waals surface area contributed by atoms with Crippen molar-refractivity contribution in [3.63, 3.8) is 0 Å². The number of hydrogen-bond donors (Lipinski definition) is 2. The van der Waals surface area contributed by atoms with Crippen LogP contribution in [0.15, 0.2) is 30.3 Å². The van der Waals surface area contributed by atoms with Crippen LogP contribution in [0.2, 0.25) is 0 Å². The number of amides is 1. The second kappa shape index (κ2) is 6.74. The fraction of sp³-hybridized carbons (Fsp3) is 0.529. The van der Waals surface area contributed by atoms with Crippen LogP contribution in [0.4, 0.5) is 0 Å². The highest BCUT2D eigenvalue weighted by atomic mass is 16.4. The van der Waals surface area contributed by atoms with Crippen LogP contribution in [0.3, 0.4) is 0 Å². The summed E-state index contributed by atoms with van der Waals surface area (Å²) in [6.07, 6.45) is 3.80. The van der Waals surface area contributed by atoms with E-state index in [1.165, 1.54) is 5.56 Å². The minimum atomic E-state index is -0.840. The molecule has 0 spiro atoms. The van der Waals surface area contributed by atoms with Crippen molar-refractivity contribution in [1.82, 2.24) is 5.32 Å². The van der Waals surface area contributed by atoms with Crippen molar-refractivity contribution in [3.05, 3.63) is 35.9 Å². The van der Waals surface area contributed by atoms with Crippen molar-refractivity contribution in [1.29, 1.82) is 0 Å². The Bertz CT molecular complexity index is 494. The molecule has 1 saturated carbocycles. The van der Waals surface area contributed by atoms with Gasteiger partial charge in [-0.25, -0.2) is 0 Å². The van der Waals surface area contributed by atoms with E-state index in [1.807, 2.05) is 18.2 Å². The minimum Gasteiger partial charge on any atom is -0.481 e. The zero-order chi connectivity index (χ0) is 15.3. The Hall–Kier alpha value is -1.84. The van der Waals surface area contributed by atoms with Crippen molar-refractivity contribution in [3.8, 4) is 0 Å². The lowest BCUT2D eigenvalue weighted by Gasteiger charge is -2.41. The number of nitrogens with one attached hydrogen (secondary N) is 1. The lowest BCUT2D eigenvalue weighted by molar-refractivity contribution is -0.140. The topological polar surface area (TPSA) is 66.4 Å². The van der Waals surface area contributed by atoms with Crippen molar-refractivity contribution in [2.24, 2.45) is 0 Å². The molecule has 0 saturated heterocycles. The number of carboxylic acid groups (broad SMARTS) is 1. The predicted molar refractivity (Wildman–Crippen MR) is 81.1 cm³/mol. The summed E-state index contributed by atoms with van der Waals surface area (Å²) in [5.74, 6) is -0.542. The molecular weight excluding hydrogens is 266 g/mol. The first kappa shape index (κ1) is 15.5. The summed E-state index contributed by atoms with van der Waals surface area (Å²) in [5.41, 5.74) is 0.744. The van der Waals surface area contributed by atoms with Gasteiger partial charge in [0.2, 0.25) is 5.91 Å². The molecule has 4 heteroatoms. The van der Waals surface area contributed by atoms with Gasteiger partial charge < -0.3 is 10.4 Å². The molecule has 21 heavy (non-hydrogen) atoms. The van der Waals surface area contributed by atoms with E-state index < -0.39 is 11.5 Å². The second-order valence-electron chi connectivity index (χ2n) is 6.10. The van der Waals surface area contributed by atoms with Gasteiger partial charge in [-0.15, -0.1) is 0 Å². The van der Waals surface area contributed by atoms with Gasteiger partial charge in [-0.1, -0.05) is 37.3 Å². The molecule has 0 heterocycles. The Balaban J connectivity index is 1.81. The molecule has 0 aromatic heterocycles. The zero-order valence-electron chi connectivity index (χ0n) is 12.5. The second-order valence-corrected chi connectivity index (χ2v) is 6.10. The monoisotopic (exact) mass is 289 g/mol. The van der Waals surface area contributed by atoms with Gasteiger partial charge in [-0.2, -0.15) is 0 Å². The zero-order valence-corrected chi connectivity index (χ0v) is 12.5. The molecule has 0 bridgehead atoms. The van der Waals surface area contributed by atoms with Crippen LogP contribution >= 0.6 is 0 Å². The molecule has 1 aromatic carbocycles. The Labute approximate surface area is 125 Å². The van der Waals surface area contributed by atoms with Crippen LogP contribution in [0.1, 0.15) is 56.9 Å². The highest BCUT2D eigenvalue weighted by Gasteiger charge is 2.40. The summed E-state index contributed by atoms with van der Waals surface area (Å²) < 4.78 is 0. The van der Waals surface area contributed by atoms with E-state index in [4.69, 9.17) is 5.11 Å². The van der Waals surface area contributed by atoms with Gasteiger partial charge in [0.05, 0.1) is 12.0 Å². The van der Waals surface area contributed by atoms with Gasteiger partial charge in [-0.3, -0.25) is 9.59 Å². The van der Waals surface area contributed by atoms with Gasteiger partial charge in [0.15, 0.2) is 0 Å². The van der Waals surface area contributed by atoms with E-state index in [1.54, 1.807) is 0 Å². The lowest BCUT2D eigenvalue weighted by Crippen LogP contribution is -2.54. The predicted octanol–water partition coefficient (Wildman–Crippen LogP) is 3.08. The normalized spacial score (nSPS) is 17.6. The Morgan fingerprint density at radius 3 is 2.48 bits per heavy atom. The number of benzene rings is 1. The van der Waals surface area contributed by atoms with Crippen LogP contribution in [-0.4, -0.2) is 22.5 Å². The van der Waals surface area contributed by atoms with Crippen LogP contribution in [0.5, 0.6) is 0 Å². The Morgan fingerprint density at radius 2 is 1.95 bits per heavy atom. The molecule has 1 fully saturated rings. The molecule has 1 amide bonds. The summed E-state index contributed by atoms with van der Waals surface area (Å²) in [6.45, 7) is 2.11. The summed E-state index contributed by atoms with van der Waals surface area (Å²) in [7, 11) is 0. The maximum absolute atomic E-state index is 12.1. The maximum Gasteiger partial charge on any atom is 0.305 e. The number of carbonyl (C=O) groups is 2. The van der Waals surface area contributed by atoms with Gasteiger partial charge in [-0.05, 0) is 37.2 Å². The SMILES string of the molecule is CC(CCC(=O)NC1(CC(=O)O)CCC1)c1ccccc1. The summed E-state index contributed by atoms with van der Waals surface area (Å²) in [5, 5.41) is 11.9. The van der Waals surface area contributed by atoms with Gasteiger partial charge >= 0.3 is 5.97 Å². The van der Waals surface area contributed by atoms with Crippen LogP contribution in [0.25, 0.3) is 0 Å². The molecule has 2 N–H and O–H groups in total. The third kappa shape index (κ3) is 4.31. The number of hydrogen-bond acceptors (Lipinski definition) is 2. The Kier molecular flexibility index (Phi) is 4.99. The molecule has 4 nitrogen and oxygen atoms in total. The summed E-state index contributed by atoms with van der Waals surface area (Å²) in [4.78, 5) is 23.0. The smallest absolute Gasteiger partial charge is 0.305 e. The molecule has 0 aliphatic heterocycles. The lowest BCUT2D eigenvalue weighted by atomic mass is 9.74. The maximum atomic E-state index is 12.1. The first-order chi connectivity index (χ1) is 10.0. The van der Waals surface area contributed by atoms with Gasteiger partial charge in [0.25, 0.3) is 0 Å². The van der Waals surface area contributed by atoms with Gasteiger partial charge in [0, 0.05) is 6.42 Å². The molecule has 1 aromatic rings. The van der Waals surface area contributed by atoms with Crippen LogP contribution in [0, 0.1) is 0 Å². The van der Waals surface area contributed by atoms with E-state index in [0.29, 0.717) is 12.3 Å². The molecule has 2 rings (SSSR count). The molecule has 1 aliphatic carbocycles. The van der Waals surface area contributed by atoms with Crippen molar-refractivity contribution >= 4 is 11.9 Å². The average Bonchev–Trinajstić information content (AvgIpc) is 2.43. The molecule has 114 valence electrons. The average molecular weight is 289 g/mol. The van der Waals surface area contributed by atoms with Gasteiger partial charge in [0.1, 0.15) is 0 Å². The minimum absolute atomic E-state index is 0.0290. The standard InChI is InChI=1S/C17H23NO3/c1-13(14-6-3-2-4-7-14)8-9-15(19)18-17(10-5-11-17)12-16(20)21/h2-4,6-7,13H,5,8-12H2,1H3,(H,18,19)(H,20,21). The van der Waals surface area contributed by atoms with Crippen molar-refractivity contribution in [2.75, 3.05) is 0 Å². The fourth-order valence-corrected chi connectivity index (χ4v) is 2.89. The first-order valence-corrected chi connectivity index (χ1v) is 7.58. The number of rotatable bonds is 7. The molecule has 1 aliphatic rings. The van der Waals surface area contributed by atoms with Crippen molar-refractivity contribution in [2.45, 2.75) is 56.9 Å². The third-order valence-electron chi connectivity index (χ3n) is 4.38. The molecule has 1 unspecified atom stereocenters. The summed E-state index contributed by atoms with van der Waals surface area (Å²) >= 11 is 0. The number of aliphatic carboxylic acids is 1. The first-order valence-electron chi connectivity index (χ1n) is 7.58. The molecule has 0 radical (unpaired) electrons. The van der Waals surface area contributed by atoms with E-state index in [2.05, 4.69) is 24.4 Å². The van der Waals surface area contributed by atoms with Crippen molar-refractivity contribution < 1.29 is 14.7 Å². The summed E-state index contributed by atoms with van der Waals surface area (Å²) in [6, 6.07) is 10.1. The van der Waals surface area contributed by atoms with E-state index in [0.717, 1.165) is 25.7 Å². The Morgan fingerprint density at radius 1 is 1.29 bits per heavy atom. The number of carboxylic acids is 1. The van der Waals surface area contributed by atoms with E-state index >= 15 is 0 Å².